The van der Waals surface area contributed by atoms with E-state index in [4.69, 9.17) is 9.47 Å². The summed E-state index contributed by atoms with van der Waals surface area (Å²) in [6.45, 7) is 4.25. The summed E-state index contributed by atoms with van der Waals surface area (Å²) in [6.07, 6.45) is 11.8. The summed E-state index contributed by atoms with van der Waals surface area (Å²) in [5.41, 5.74) is 0.571. The zero-order valence-corrected chi connectivity index (χ0v) is 16.2. The molecule has 0 saturated heterocycles. The average molecular weight is 366 g/mol. The maximum atomic E-state index is 14.2. The Morgan fingerprint density at radius 2 is 1.54 bits per heavy atom. The summed E-state index contributed by atoms with van der Waals surface area (Å²) in [5, 5.41) is 0. The first kappa shape index (κ1) is 19.4. The minimum Gasteiger partial charge on any atom is -0.490 e. The quantitative estimate of drug-likeness (QED) is 0.577. The van der Waals surface area contributed by atoms with Crippen LogP contribution < -0.4 is 9.47 Å². The first-order chi connectivity index (χ1) is 12.6. The van der Waals surface area contributed by atoms with E-state index in [2.05, 4.69) is 0 Å². The molecule has 2 saturated carbocycles. The molecule has 0 atom stereocenters. The van der Waals surface area contributed by atoms with Gasteiger partial charge in [-0.2, -0.15) is 8.78 Å². The van der Waals surface area contributed by atoms with Crippen molar-refractivity contribution < 1.29 is 18.3 Å². The lowest BCUT2D eigenvalue weighted by Crippen LogP contribution is -2.26. The van der Waals surface area contributed by atoms with E-state index in [9.17, 15) is 8.78 Å². The van der Waals surface area contributed by atoms with Crippen molar-refractivity contribution in [3.05, 3.63) is 23.3 Å². The predicted molar refractivity (Wildman–Crippen MR) is 99.8 cm³/mol. The van der Waals surface area contributed by atoms with Gasteiger partial charge >= 0.3 is 0 Å². The summed E-state index contributed by atoms with van der Waals surface area (Å²) < 4.78 is 39.3. The third-order valence-corrected chi connectivity index (χ3v) is 6.29. The minimum atomic E-state index is -0.942. The second-order valence-electron chi connectivity index (χ2n) is 8.07. The van der Waals surface area contributed by atoms with Crippen LogP contribution in [0.25, 0.3) is 0 Å². The Kier molecular flexibility index (Phi) is 6.77. The van der Waals surface area contributed by atoms with Gasteiger partial charge in [-0.1, -0.05) is 32.1 Å². The van der Waals surface area contributed by atoms with E-state index in [1.807, 2.05) is 0 Å². The van der Waals surface area contributed by atoms with Crippen LogP contribution in [0.1, 0.15) is 70.3 Å². The molecule has 0 aliphatic heterocycles. The standard InChI is InChI=1S/C22H32F2O2/c1-3-25-22-15(2)13-19(20(23)21(22)24)26-14-16-9-11-18(12-10-16)17-7-5-4-6-8-17/h13,16-18H,3-12,14H2,1-2H3. The molecule has 0 amide bonds. The van der Waals surface area contributed by atoms with Crippen molar-refractivity contribution >= 4 is 0 Å². The predicted octanol–water partition coefficient (Wildman–Crippen LogP) is 6.44. The number of hydrogen-bond donors (Lipinski definition) is 0. The minimum absolute atomic E-state index is 0.00894. The van der Waals surface area contributed by atoms with Gasteiger partial charge in [-0.15, -0.1) is 0 Å². The van der Waals surface area contributed by atoms with Crippen molar-refractivity contribution in [2.24, 2.45) is 17.8 Å². The Labute approximate surface area is 156 Å². The normalized spacial score (nSPS) is 24.5. The molecule has 26 heavy (non-hydrogen) atoms. The van der Waals surface area contributed by atoms with Gasteiger partial charge in [-0.3, -0.25) is 0 Å². The van der Waals surface area contributed by atoms with Gasteiger partial charge in [-0.05, 0) is 68.9 Å². The van der Waals surface area contributed by atoms with Gasteiger partial charge in [0.2, 0.25) is 11.6 Å². The largest absolute Gasteiger partial charge is 0.490 e. The van der Waals surface area contributed by atoms with Gasteiger partial charge in [0, 0.05) is 0 Å². The van der Waals surface area contributed by atoms with E-state index in [0.29, 0.717) is 24.7 Å². The van der Waals surface area contributed by atoms with Crippen molar-refractivity contribution in [3.8, 4) is 11.5 Å². The molecule has 1 aromatic carbocycles. The highest BCUT2D eigenvalue weighted by atomic mass is 19.2. The lowest BCUT2D eigenvalue weighted by atomic mass is 9.71. The summed E-state index contributed by atoms with van der Waals surface area (Å²) in [5.74, 6) is 0.365. The number of halogens is 2. The van der Waals surface area contributed by atoms with Gasteiger partial charge in [0.1, 0.15) is 0 Å². The van der Waals surface area contributed by atoms with Crippen molar-refractivity contribution in [2.75, 3.05) is 13.2 Å². The molecule has 2 fully saturated rings. The SMILES string of the molecule is CCOc1c(C)cc(OCC2CCC(C3CCCCC3)CC2)c(F)c1F. The highest BCUT2D eigenvalue weighted by molar-refractivity contribution is 5.42. The molecule has 0 radical (unpaired) electrons. The fraction of sp³-hybridized carbons (Fsp3) is 0.727. The molecule has 2 aliphatic carbocycles. The van der Waals surface area contributed by atoms with Crippen LogP contribution in [0.5, 0.6) is 11.5 Å². The third-order valence-electron chi connectivity index (χ3n) is 6.29. The number of benzene rings is 1. The van der Waals surface area contributed by atoms with Gasteiger partial charge in [0.05, 0.1) is 13.2 Å². The fourth-order valence-corrected chi connectivity index (χ4v) is 4.77. The van der Waals surface area contributed by atoms with Crippen LogP contribution in [0, 0.1) is 36.3 Å². The summed E-state index contributed by atoms with van der Waals surface area (Å²) in [6, 6.07) is 1.55. The van der Waals surface area contributed by atoms with E-state index in [0.717, 1.165) is 24.7 Å². The van der Waals surface area contributed by atoms with Crippen LogP contribution >= 0.6 is 0 Å². The number of aryl methyl sites for hydroxylation is 1. The highest BCUT2D eigenvalue weighted by Gasteiger charge is 2.29. The molecule has 4 heteroatoms. The number of rotatable bonds is 6. The molecule has 2 aliphatic rings. The van der Waals surface area contributed by atoms with E-state index < -0.39 is 11.6 Å². The second kappa shape index (κ2) is 9.05. The zero-order valence-electron chi connectivity index (χ0n) is 16.2. The zero-order chi connectivity index (χ0) is 18.5. The lowest BCUT2D eigenvalue weighted by Gasteiger charge is -2.35. The monoisotopic (exact) mass is 366 g/mol. The van der Waals surface area contributed by atoms with E-state index >= 15 is 0 Å². The van der Waals surface area contributed by atoms with Crippen LogP contribution in [0.15, 0.2) is 6.07 Å². The Morgan fingerprint density at radius 3 is 2.19 bits per heavy atom. The summed E-state index contributed by atoms with van der Waals surface area (Å²) in [7, 11) is 0. The third kappa shape index (κ3) is 4.50. The van der Waals surface area contributed by atoms with Crippen LogP contribution in [-0.4, -0.2) is 13.2 Å². The van der Waals surface area contributed by atoms with Gasteiger partial charge in [0.15, 0.2) is 11.5 Å². The summed E-state index contributed by atoms with van der Waals surface area (Å²) in [4.78, 5) is 0. The molecule has 146 valence electrons. The molecular weight excluding hydrogens is 334 g/mol. The highest BCUT2D eigenvalue weighted by Crippen LogP contribution is 2.40. The molecule has 0 aromatic heterocycles. The van der Waals surface area contributed by atoms with Gasteiger partial charge in [0.25, 0.3) is 0 Å². The molecule has 0 N–H and O–H groups in total. The Balaban J connectivity index is 1.52. The van der Waals surface area contributed by atoms with E-state index in [-0.39, 0.29) is 11.5 Å². The van der Waals surface area contributed by atoms with Crippen molar-refractivity contribution in [1.29, 1.82) is 0 Å². The molecule has 1 aromatic rings. The topological polar surface area (TPSA) is 18.5 Å². The molecule has 0 bridgehead atoms. The Morgan fingerprint density at radius 1 is 0.885 bits per heavy atom. The first-order valence-corrected chi connectivity index (χ1v) is 10.3. The number of hydrogen-bond acceptors (Lipinski definition) is 2. The molecule has 0 spiro atoms. The molecule has 0 heterocycles. The van der Waals surface area contributed by atoms with Crippen LogP contribution in [0.3, 0.4) is 0 Å². The van der Waals surface area contributed by atoms with Crippen LogP contribution in [0.4, 0.5) is 8.78 Å². The van der Waals surface area contributed by atoms with Crippen molar-refractivity contribution in [2.45, 2.75) is 71.6 Å². The van der Waals surface area contributed by atoms with Crippen LogP contribution in [-0.2, 0) is 0 Å². The van der Waals surface area contributed by atoms with E-state index in [1.165, 1.54) is 44.9 Å². The number of ether oxygens (including phenoxy) is 2. The molecular formula is C22H32F2O2. The smallest absolute Gasteiger partial charge is 0.204 e. The second-order valence-corrected chi connectivity index (χ2v) is 8.07. The Hall–Kier alpha value is -1.32. The van der Waals surface area contributed by atoms with Gasteiger partial charge in [-0.25, -0.2) is 0 Å². The van der Waals surface area contributed by atoms with Crippen LogP contribution in [0.2, 0.25) is 0 Å². The molecule has 0 unspecified atom stereocenters. The maximum Gasteiger partial charge on any atom is 0.204 e. The fourth-order valence-electron chi connectivity index (χ4n) is 4.77. The molecule has 3 rings (SSSR count). The Bertz CT molecular complexity index is 588. The summed E-state index contributed by atoms with van der Waals surface area (Å²) >= 11 is 0. The van der Waals surface area contributed by atoms with Crippen molar-refractivity contribution in [1.82, 2.24) is 0 Å². The lowest BCUT2D eigenvalue weighted by molar-refractivity contribution is 0.133. The average Bonchev–Trinajstić information content (AvgIpc) is 2.68. The van der Waals surface area contributed by atoms with E-state index in [1.54, 1.807) is 19.9 Å². The maximum absolute atomic E-state index is 14.2. The first-order valence-electron chi connectivity index (χ1n) is 10.3. The van der Waals surface area contributed by atoms with Crippen molar-refractivity contribution in [3.63, 3.8) is 0 Å². The molecule has 2 nitrogen and oxygen atoms in total. The van der Waals surface area contributed by atoms with Gasteiger partial charge < -0.3 is 9.47 Å².